The largest absolute Gasteiger partial charge is 0.573 e. The van der Waals surface area contributed by atoms with E-state index in [1.165, 1.54) is 31.7 Å². The summed E-state index contributed by atoms with van der Waals surface area (Å²) in [6.07, 6.45) is 3.66. The first-order valence-electron chi connectivity index (χ1n) is 11.0. The van der Waals surface area contributed by atoms with Gasteiger partial charge in [0, 0.05) is 44.2 Å². The molecule has 2 saturated carbocycles. The summed E-state index contributed by atoms with van der Waals surface area (Å²) in [5.41, 5.74) is 0.590. The minimum absolute atomic E-state index is 0. The Labute approximate surface area is 199 Å². The van der Waals surface area contributed by atoms with E-state index < -0.39 is 6.36 Å². The number of aliphatic imine (C=N–C) groups is 1. The number of nitrogens with one attached hydrogen (secondary N) is 2. The van der Waals surface area contributed by atoms with Crippen LogP contribution in [0.15, 0.2) is 29.3 Å². The van der Waals surface area contributed by atoms with Crippen molar-refractivity contribution >= 4 is 29.9 Å². The molecule has 2 aliphatic carbocycles. The number of nitrogens with zero attached hydrogens (tertiary/aromatic N) is 2. The number of hydrogen-bond acceptors (Lipinski definition) is 3. The van der Waals surface area contributed by atoms with Gasteiger partial charge in [-0.3, -0.25) is 4.99 Å². The minimum atomic E-state index is -4.68. The Morgan fingerprint density at radius 2 is 1.74 bits per heavy atom. The summed E-state index contributed by atoms with van der Waals surface area (Å²) >= 11 is 0. The van der Waals surface area contributed by atoms with E-state index in [-0.39, 0.29) is 41.7 Å². The van der Waals surface area contributed by atoms with Gasteiger partial charge in [-0.15, -0.1) is 37.1 Å². The molecule has 5 nitrogen and oxygen atoms in total. The van der Waals surface area contributed by atoms with Crippen molar-refractivity contribution < 1.29 is 17.9 Å². The zero-order valence-corrected chi connectivity index (χ0v) is 20.2. The Balaban J connectivity index is 0.00000272. The number of guanidine groups is 1. The Morgan fingerprint density at radius 1 is 1.06 bits per heavy atom. The first-order chi connectivity index (χ1) is 14.4. The van der Waals surface area contributed by atoms with Gasteiger partial charge in [-0.25, -0.2) is 0 Å². The van der Waals surface area contributed by atoms with Crippen LogP contribution in [0, 0.1) is 0 Å². The van der Waals surface area contributed by atoms with Gasteiger partial charge >= 0.3 is 6.36 Å². The first kappa shape index (κ1) is 24.4. The molecule has 0 bridgehead atoms. The van der Waals surface area contributed by atoms with Crippen molar-refractivity contribution in [2.75, 3.05) is 20.1 Å². The monoisotopic (exact) mass is 552 g/mol. The van der Waals surface area contributed by atoms with E-state index in [2.05, 4.69) is 25.3 Å². The van der Waals surface area contributed by atoms with Crippen molar-refractivity contribution in [1.29, 1.82) is 0 Å². The van der Waals surface area contributed by atoms with E-state index in [1.807, 2.05) is 0 Å². The van der Waals surface area contributed by atoms with Crippen LogP contribution >= 0.6 is 24.0 Å². The van der Waals surface area contributed by atoms with Crippen LogP contribution in [0.5, 0.6) is 5.75 Å². The van der Waals surface area contributed by atoms with Crippen LogP contribution in [0.3, 0.4) is 0 Å². The number of alkyl halides is 3. The highest BCUT2D eigenvalue weighted by Gasteiger charge is 2.42. The van der Waals surface area contributed by atoms with Crippen LogP contribution in [0.4, 0.5) is 13.2 Å². The van der Waals surface area contributed by atoms with Gasteiger partial charge in [-0.05, 0) is 43.7 Å². The molecule has 2 N–H and O–H groups in total. The summed E-state index contributed by atoms with van der Waals surface area (Å²) in [5.74, 6) is 0.615. The predicted octanol–water partition coefficient (Wildman–Crippen LogP) is 4.63. The zero-order valence-electron chi connectivity index (χ0n) is 17.8. The molecule has 4 rings (SSSR count). The van der Waals surface area contributed by atoms with Crippen LogP contribution in [-0.4, -0.2) is 55.5 Å². The molecule has 31 heavy (non-hydrogen) atoms. The third kappa shape index (κ3) is 6.63. The van der Waals surface area contributed by atoms with Crippen LogP contribution in [-0.2, 0) is 0 Å². The Hall–Kier alpha value is -1.23. The van der Waals surface area contributed by atoms with Gasteiger partial charge in [0.25, 0.3) is 0 Å². The molecule has 9 heteroatoms. The van der Waals surface area contributed by atoms with Gasteiger partial charge in [0.15, 0.2) is 5.96 Å². The van der Waals surface area contributed by atoms with E-state index in [9.17, 15) is 13.2 Å². The average molecular weight is 552 g/mol. The molecule has 2 atom stereocenters. The lowest BCUT2D eigenvalue weighted by Gasteiger charge is -2.36. The molecule has 1 aliphatic heterocycles. The van der Waals surface area contributed by atoms with Gasteiger partial charge in [0.2, 0.25) is 0 Å². The second-order valence-electron chi connectivity index (χ2n) is 8.64. The van der Waals surface area contributed by atoms with Crippen LogP contribution in [0.25, 0.3) is 0 Å². The quantitative estimate of drug-likeness (QED) is 0.318. The topological polar surface area (TPSA) is 48.9 Å². The van der Waals surface area contributed by atoms with Gasteiger partial charge in [-0.1, -0.05) is 31.0 Å². The zero-order chi connectivity index (χ0) is 21.1. The molecule has 1 heterocycles. The summed E-state index contributed by atoms with van der Waals surface area (Å²) in [6, 6.07) is 7.62. The number of likely N-dealkylation sites (tertiary alicyclic amines) is 1. The molecule has 3 fully saturated rings. The normalized spacial score (nSPS) is 25.7. The van der Waals surface area contributed by atoms with Crippen LogP contribution in [0.2, 0.25) is 0 Å². The number of rotatable bonds is 5. The maximum atomic E-state index is 12.7. The Bertz CT molecular complexity index is 747. The van der Waals surface area contributed by atoms with Crippen LogP contribution < -0.4 is 15.4 Å². The van der Waals surface area contributed by atoms with Gasteiger partial charge in [0.1, 0.15) is 5.75 Å². The fourth-order valence-electron chi connectivity index (χ4n) is 4.92. The molecule has 1 aromatic carbocycles. The van der Waals surface area contributed by atoms with Crippen molar-refractivity contribution in [1.82, 2.24) is 15.5 Å². The molecule has 0 aromatic heterocycles. The van der Waals surface area contributed by atoms with Gasteiger partial charge < -0.3 is 20.3 Å². The van der Waals surface area contributed by atoms with Crippen LogP contribution in [0.1, 0.15) is 56.4 Å². The third-order valence-electron chi connectivity index (χ3n) is 6.59. The van der Waals surface area contributed by atoms with Crippen molar-refractivity contribution in [3.8, 4) is 5.75 Å². The molecule has 174 valence electrons. The molecule has 1 aromatic rings. The van der Waals surface area contributed by atoms with Crippen molar-refractivity contribution in [2.24, 2.45) is 4.99 Å². The van der Waals surface area contributed by atoms with E-state index in [0.29, 0.717) is 11.6 Å². The maximum absolute atomic E-state index is 12.7. The molecular formula is C22H32F3IN4O. The summed E-state index contributed by atoms with van der Waals surface area (Å²) in [5, 5.41) is 6.90. The highest BCUT2D eigenvalue weighted by Crippen LogP contribution is 2.45. The lowest BCUT2D eigenvalue weighted by molar-refractivity contribution is -0.274. The number of ether oxygens (including phenoxy) is 1. The summed E-state index contributed by atoms with van der Waals surface area (Å²) in [7, 11) is 1.74. The SMILES string of the molecule is CN=C(NC1CCN(C2CCCC2)CC1)NC1CC1c1ccccc1OC(F)(F)F.I. The highest BCUT2D eigenvalue weighted by molar-refractivity contribution is 14.0. The average Bonchev–Trinajstić information content (AvgIpc) is 3.24. The minimum Gasteiger partial charge on any atom is -0.405 e. The molecular weight excluding hydrogens is 520 g/mol. The Kier molecular flexibility index (Phi) is 8.34. The summed E-state index contributed by atoms with van der Waals surface area (Å²) < 4.78 is 42.3. The van der Waals surface area contributed by atoms with E-state index in [1.54, 1.807) is 25.2 Å². The number of halogens is 4. The number of benzene rings is 1. The molecule has 0 spiro atoms. The maximum Gasteiger partial charge on any atom is 0.573 e. The van der Waals surface area contributed by atoms with Crippen molar-refractivity contribution in [3.63, 3.8) is 0 Å². The summed E-state index contributed by atoms with van der Waals surface area (Å²) in [6.45, 7) is 2.24. The van der Waals surface area contributed by atoms with Crippen molar-refractivity contribution in [3.05, 3.63) is 29.8 Å². The third-order valence-corrected chi connectivity index (χ3v) is 6.59. The highest BCUT2D eigenvalue weighted by atomic mass is 127. The number of para-hydroxylation sites is 1. The molecule has 0 amide bonds. The lowest BCUT2D eigenvalue weighted by Crippen LogP contribution is -2.50. The molecule has 1 saturated heterocycles. The first-order valence-corrected chi connectivity index (χ1v) is 11.0. The number of hydrogen-bond donors (Lipinski definition) is 2. The second kappa shape index (κ2) is 10.6. The molecule has 2 unspecified atom stereocenters. The molecule has 3 aliphatic rings. The fourth-order valence-corrected chi connectivity index (χ4v) is 4.92. The smallest absolute Gasteiger partial charge is 0.405 e. The fraction of sp³-hybridized carbons (Fsp3) is 0.682. The van der Waals surface area contributed by atoms with E-state index >= 15 is 0 Å². The Morgan fingerprint density at radius 3 is 2.39 bits per heavy atom. The van der Waals surface area contributed by atoms with E-state index in [0.717, 1.165) is 44.4 Å². The van der Waals surface area contributed by atoms with Crippen molar-refractivity contribution in [2.45, 2.75) is 75.4 Å². The van der Waals surface area contributed by atoms with E-state index in [4.69, 9.17) is 0 Å². The lowest BCUT2D eigenvalue weighted by atomic mass is 10.0. The molecule has 0 radical (unpaired) electrons. The van der Waals surface area contributed by atoms with Gasteiger partial charge in [-0.2, -0.15) is 0 Å². The predicted molar refractivity (Wildman–Crippen MR) is 126 cm³/mol. The van der Waals surface area contributed by atoms with Gasteiger partial charge in [0.05, 0.1) is 0 Å². The second-order valence-corrected chi connectivity index (χ2v) is 8.64. The number of piperidine rings is 1. The standard InChI is InChI=1S/C22H31F3N4O.HI/c1-26-21(27-15-10-12-29(13-11-15)16-6-2-3-7-16)28-19-14-18(19)17-8-4-5-9-20(17)30-22(23,24)25;/h4-5,8-9,15-16,18-19H,2-3,6-7,10-14H2,1H3,(H2,26,27,28);1H. The summed E-state index contributed by atoms with van der Waals surface area (Å²) in [4.78, 5) is 6.97.